The van der Waals surface area contributed by atoms with E-state index in [0.717, 1.165) is 11.2 Å². The molecule has 0 aliphatic carbocycles. The summed E-state index contributed by atoms with van der Waals surface area (Å²) >= 11 is 0. The van der Waals surface area contributed by atoms with Gasteiger partial charge in [-0.05, 0) is 30.0 Å². The lowest BCUT2D eigenvalue weighted by molar-refractivity contribution is -0.272. The van der Waals surface area contributed by atoms with E-state index in [4.69, 9.17) is 0 Å². The summed E-state index contributed by atoms with van der Waals surface area (Å²) in [6.07, 6.45) is -8.00. The lowest BCUT2D eigenvalue weighted by Gasteiger charge is -2.45. The molecule has 0 saturated heterocycles. The van der Waals surface area contributed by atoms with Gasteiger partial charge >= 0.3 is 12.4 Å². The standard InChI is InChI=1S/C27H30F6N6O4/c1-5-6-19(22(40)23(41)36-21-7-8-35-37-21)39(24(42)43)20(25(2,3)4)13-38-12-18(34-14-38)15-9-16(26(28,29)30)11-17(10-15)27(31,32)33/h7-12,14,19-20H,5-6,13H2,1-4H3,(H,42,43)(H2,35,36,37,41)/p-1/t19-,20+/m0/s1. The third kappa shape index (κ3) is 8.14. The van der Waals surface area contributed by atoms with Crippen molar-refractivity contribution in [3.63, 3.8) is 0 Å². The summed E-state index contributed by atoms with van der Waals surface area (Å²) in [6, 6.07) is -0.0837. The van der Waals surface area contributed by atoms with Crippen molar-refractivity contribution in [2.45, 2.75) is 71.5 Å². The maximum Gasteiger partial charge on any atom is 0.416 e. The van der Waals surface area contributed by atoms with Crippen molar-refractivity contribution in [3.05, 3.63) is 54.1 Å². The van der Waals surface area contributed by atoms with E-state index in [2.05, 4.69) is 20.5 Å². The topological polar surface area (TPSA) is 136 Å². The summed E-state index contributed by atoms with van der Waals surface area (Å²) in [5.41, 5.74) is -4.63. The molecule has 0 aliphatic heterocycles. The molecule has 2 heterocycles. The number of carbonyl (C=O) groups excluding carboxylic acids is 3. The van der Waals surface area contributed by atoms with Crippen molar-refractivity contribution in [1.82, 2.24) is 24.6 Å². The molecule has 2 aromatic heterocycles. The molecule has 234 valence electrons. The molecule has 3 rings (SSSR count). The maximum absolute atomic E-state index is 13.4. The first-order valence-corrected chi connectivity index (χ1v) is 13.0. The number of H-pyrrole nitrogens is 1. The third-order valence-corrected chi connectivity index (χ3v) is 6.62. The van der Waals surface area contributed by atoms with Crippen LogP contribution < -0.4 is 10.4 Å². The number of imidazole rings is 1. The van der Waals surface area contributed by atoms with Crippen LogP contribution >= 0.6 is 0 Å². The van der Waals surface area contributed by atoms with Crippen LogP contribution in [0.4, 0.5) is 37.0 Å². The minimum absolute atomic E-state index is 0.00122. The molecule has 0 saturated carbocycles. The second kappa shape index (κ2) is 12.5. The highest BCUT2D eigenvalue weighted by atomic mass is 19.4. The Morgan fingerprint density at radius 2 is 1.65 bits per heavy atom. The zero-order valence-electron chi connectivity index (χ0n) is 23.5. The van der Waals surface area contributed by atoms with Crippen LogP contribution in [0.2, 0.25) is 0 Å². The monoisotopic (exact) mass is 615 g/mol. The summed E-state index contributed by atoms with van der Waals surface area (Å²) in [6.45, 7) is 6.42. The summed E-state index contributed by atoms with van der Waals surface area (Å²) < 4.78 is 81.5. The molecule has 16 heteroatoms. The Hall–Kier alpha value is -4.37. The van der Waals surface area contributed by atoms with E-state index in [-0.39, 0.29) is 30.5 Å². The number of nitrogens with one attached hydrogen (secondary N) is 2. The van der Waals surface area contributed by atoms with Crippen LogP contribution in [0.15, 0.2) is 43.0 Å². The number of rotatable bonds is 10. The van der Waals surface area contributed by atoms with Crippen LogP contribution in [0.1, 0.15) is 51.7 Å². The Balaban J connectivity index is 2.00. The van der Waals surface area contributed by atoms with Gasteiger partial charge in [0.2, 0.25) is 5.78 Å². The molecule has 2 atom stereocenters. The van der Waals surface area contributed by atoms with E-state index in [1.165, 1.54) is 23.0 Å². The van der Waals surface area contributed by atoms with Crippen LogP contribution in [0, 0.1) is 5.41 Å². The van der Waals surface area contributed by atoms with Gasteiger partial charge in [0.25, 0.3) is 5.91 Å². The largest absolute Gasteiger partial charge is 0.530 e. The molecule has 0 spiro atoms. The normalized spacial score (nSPS) is 13.8. The van der Waals surface area contributed by atoms with E-state index < -0.39 is 64.3 Å². The minimum atomic E-state index is -5.06. The van der Waals surface area contributed by atoms with Gasteiger partial charge in [-0.15, -0.1) is 0 Å². The Morgan fingerprint density at radius 3 is 2.12 bits per heavy atom. The quantitative estimate of drug-likeness (QED) is 0.250. The fourth-order valence-electron chi connectivity index (χ4n) is 4.49. The number of anilines is 1. The van der Waals surface area contributed by atoms with E-state index in [0.29, 0.717) is 18.6 Å². The van der Waals surface area contributed by atoms with E-state index in [9.17, 15) is 45.8 Å². The number of alkyl halides is 6. The molecule has 2 amide bonds. The lowest BCUT2D eigenvalue weighted by Crippen LogP contribution is -2.61. The van der Waals surface area contributed by atoms with Gasteiger partial charge in [0.05, 0.1) is 41.4 Å². The number of halogens is 6. The number of aromatic nitrogens is 4. The van der Waals surface area contributed by atoms with Crippen molar-refractivity contribution in [2.75, 3.05) is 5.32 Å². The summed E-state index contributed by atoms with van der Waals surface area (Å²) in [5, 5.41) is 20.9. The minimum Gasteiger partial charge on any atom is -0.530 e. The first-order valence-electron chi connectivity index (χ1n) is 13.0. The number of benzene rings is 1. The van der Waals surface area contributed by atoms with Crippen molar-refractivity contribution < 1.29 is 45.8 Å². The van der Waals surface area contributed by atoms with Crippen molar-refractivity contribution in [1.29, 1.82) is 0 Å². The molecule has 0 fully saturated rings. The van der Waals surface area contributed by atoms with Gasteiger partial charge in [-0.1, -0.05) is 34.1 Å². The molecule has 43 heavy (non-hydrogen) atoms. The molecule has 0 unspecified atom stereocenters. The van der Waals surface area contributed by atoms with Crippen LogP contribution in [0.3, 0.4) is 0 Å². The Morgan fingerprint density at radius 1 is 1.05 bits per heavy atom. The van der Waals surface area contributed by atoms with Crippen molar-refractivity contribution >= 4 is 23.6 Å². The summed E-state index contributed by atoms with van der Waals surface area (Å²) in [5.74, 6) is -2.06. The predicted molar refractivity (Wildman–Crippen MR) is 139 cm³/mol. The Labute approximate surface area is 242 Å². The highest BCUT2D eigenvalue weighted by Gasteiger charge is 2.40. The lowest BCUT2D eigenvalue weighted by atomic mass is 9.84. The number of carbonyl (C=O) groups is 3. The van der Waals surface area contributed by atoms with Crippen LogP contribution in [-0.4, -0.2) is 54.5 Å². The molecular weight excluding hydrogens is 586 g/mol. The highest BCUT2D eigenvalue weighted by molar-refractivity contribution is 6.42. The summed E-state index contributed by atoms with van der Waals surface area (Å²) in [7, 11) is 0. The van der Waals surface area contributed by atoms with E-state index in [1.54, 1.807) is 27.7 Å². The van der Waals surface area contributed by atoms with Crippen molar-refractivity contribution in [3.8, 4) is 11.3 Å². The number of hydrogen-bond acceptors (Lipinski definition) is 6. The van der Waals surface area contributed by atoms with Crippen LogP contribution in [0.25, 0.3) is 11.3 Å². The molecule has 0 aliphatic rings. The Bertz CT molecular complexity index is 1410. The van der Waals surface area contributed by atoms with Gasteiger partial charge in [0.1, 0.15) is 11.9 Å². The average Bonchev–Trinajstić information content (AvgIpc) is 3.57. The predicted octanol–water partition coefficient (Wildman–Crippen LogP) is 4.75. The number of nitrogens with zero attached hydrogens (tertiary/aromatic N) is 4. The second-order valence-corrected chi connectivity index (χ2v) is 10.9. The van der Waals surface area contributed by atoms with Gasteiger partial charge in [-0.2, -0.15) is 31.4 Å². The van der Waals surface area contributed by atoms with Gasteiger partial charge in [-0.25, -0.2) is 4.98 Å². The molecular formula is C27H29F6N6O4-. The SMILES string of the molecule is CCC[C@@H](C(=O)C(=O)Nc1ccn[nH]1)N(C(=O)[O-])[C@H](Cn1cnc(-c2cc(C(F)(F)F)cc(C(F)(F)F)c2)c1)C(C)(C)C. The average molecular weight is 616 g/mol. The smallest absolute Gasteiger partial charge is 0.416 e. The van der Waals surface area contributed by atoms with Gasteiger partial charge < -0.3 is 24.7 Å². The number of aromatic amines is 1. The van der Waals surface area contributed by atoms with Crippen molar-refractivity contribution in [2.24, 2.45) is 5.41 Å². The van der Waals surface area contributed by atoms with E-state index in [1.807, 2.05) is 0 Å². The Kier molecular flexibility index (Phi) is 9.61. The van der Waals surface area contributed by atoms with Gasteiger partial charge in [0, 0.05) is 24.4 Å². The van der Waals surface area contributed by atoms with Crippen LogP contribution in [0.5, 0.6) is 0 Å². The molecule has 1 aromatic carbocycles. The number of amides is 2. The molecule has 10 nitrogen and oxygen atoms in total. The number of Topliss-reactive ketones (excluding diaryl/α,β-unsaturated/α-hetero) is 1. The first-order chi connectivity index (χ1) is 19.8. The zero-order valence-corrected chi connectivity index (χ0v) is 23.5. The number of carboxylic acid groups (broad SMARTS) is 1. The van der Waals surface area contributed by atoms with E-state index >= 15 is 0 Å². The molecule has 0 radical (unpaired) electrons. The molecule has 2 N–H and O–H groups in total. The zero-order chi connectivity index (χ0) is 32.3. The molecule has 0 bridgehead atoms. The second-order valence-electron chi connectivity index (χ2n) is 10.9. The highest BCUT2D eigenvalue weighted by Crippen LogP contribution is 2.38. The molecule has 3 aromatic rings. The fraction of sp³-hybridized carbons (Fsp3) is 0.444. The summed E-state index contributed by atoms with van der Waals surface area (Å²) in [4.78, 5) is 43.2. The maximum atomic E-state index is 13.4. The third-order valence-electron chi connectivity index (χ3n) is 6.62. The fourth-order valence-corrected chi connectivity index (χ4v) is 4.49. The first kappa shape index (κ1) is 33.1. The number of hydrogen-bond donors (Lipinski definition) is 2. The van der Waals surface area contributed by atoms with Gasteiger partial charge in [0.15, 0.2) is 0 Å². The van der Waals surface area contributed by atoms with Crippen LogP contribution in [-0.2, 0) is 28.5 Å². The number of ketones is 1. The van der Waals surface area contributed by atoms with Gasteiger partial charge in [-0.3, -0.25) is 14.7 Å².